The van der Waals surface area contributed by atoms with Crippen molar-refractivity contribution in [2.45, 2.75) is 0 Å². The van der Waals surface area contributed by atoms with Gasteiger partial charge in [0.15, 0.2) is 0 Å². The molecule has 18 heavy (non-hydrogen) atoms. The van der Waals surface area contributed by atoms with Gasteiger partial charge in [0.05, 0.1) is 19.8 Å². The zero-order valence-corrected chi connectivity index (χ0v) is 11.3. The molecule has 3 aliphatic rings. The number of nitrogens with two attached hydrogens (primary N) is 1. The van der Waals surface area contributed by atoms with Crippen LogP contribution < -0.4 is 10.9 Å². The largest absolute Gasteiger partial charge is 0.537 e. The maximum absolute atomic E-state index is 5.98. The lowest BCUT2D eigenvalue weighted by Gasteiger charge is -2.38. The Kier molecular flexibility index (Phi) is 3.36. The Morgan fingerprint density at radius 1 is 0.889 bits per heavy atom. The monoisotopic (exact) mass is 266 g/mol. The number of hydrogen-bond donors (Lipinski definition) is 1. The Morgan fingerprint density at radius 3 is 1.89 bits per heavy atom. The molecule has 98 valence electrons. The van der Waals surface area contributed by atoms with E-state index in [0.29, 0.717) is 19.8 Å². The Hall–Kier alpha value is -0.923. The standard InChI is InChI=1S/C12H18N2O3Si/c13-11-1-3-12(4-2-11)18-15-8-5-14(6-9-16-18)7-10-17-18/h1-4H,5-10,13H2. The topological polar surface area (TPSA) is 57.0 Å². The third-order valence-electron chi connectivity index (χ3n) is 3.36. The Balaban J connectivity index is 1.91. The lowest BCUT2D eigenvalue weighted by molar-refractivity contribution is 0.00141. The third-order valence-corrected chi connectivity index (χ3v) is 6.16. The number of nitrogens with zero attached hydrogens (tertiary/aromatic N) is 1. The van der Waals surface area contributed by atoms with E-state index in [9.17, 15) is 0 Å². The molecule has 1 aromatic rings. The van der Waals surface area contributed by atoms with Gasteiger partial charge >= 0.3 is 8.80 Å². The van der Waals surface area contributed by atoms with Gasteiger partial charge < -0.3 is 19.0 Å². The minimum atomic E-state index is -2.71. The molecule has 3 saturated heterocycles. The van der Waals surface area contributed by atoms with Crippen LogP contribution in [0.2, 0.25) is 0 Å². The molecule has 3 heterocycles. The summed E-state index contributed by atoms with van der Waals surface area (Å²) in [5.74, 6) is 0. The van der Waals surface area contributed by atoms with E-state index in [-0.39, 0.29) is 0 Å². The first-order valence-corrected chi connectivity index (χ1v) is 8.01. The van der Waals surface area contributed by atoms with Crippen LogP contribution in [0.3, 0.4) is 0 Å². The molecule has 0 unspecified atom stereocenters. The minimum Gasteiger partial charge on any atom is -0.399 e. The summed E-state index contributed by atoms with van der Waals surface area (Å²) in [6.45, 7) is 4.85. The van der Waals surface area contributed by atoms with E-state index in [4.69, 9.17) is 19.0 Å². The van der Waals surface area contributed by atoms with E-state index in [2.05, 4.69) is 4.90 Å². The minimum absolute atomic E-state index is 0.663. The van der Waals surface area contributed by atoms with Gasteiger partial charge in [-0.1, -0.05) is 12.1 Å². The van der Waals surface area contributed by atoms with Crippen LogP contribution in [0.4, 0.5) is 5.69 Å². The Labute approximate surface area is 108 Å². The van der Waals surface area contributed by atoms with Gasteiger partial charge in [-0.15, -0.1) is 0 Å². The van der Waals surface area contributed by atoms with Crippen molar-refractivity contribution < 1.29 is 13.3 Å². The van der Waals surface area contributed by atoms with Crippen LogP contribution in [-0.2, 0) is 13.3 Å². The van der Waals surface area contributed by atoms with Crippen LogP contribution >= 0.6 is 0 Å². The lowest BCUT2D eigenvalue weighted by Crippen LogP contribution is -2.62. The Bertz CT molecular complexity index is 386. The molecule has 1 aromatic carbocycles. The second-order valence-corrected chi connectivity index (χ2v) is 7.12. The SMILES string of the molecule is Nc1ccc([Si]23OCCN(CCO2)CCO3)cc1. The van der Waals surface area contributed by atoms with Crippen LogP contribution in [0.5, 0.6) is 0 Å². The summed E-state index contributed by atoms with van der Waals surface area (Å²) in [7, 11) is -2.71. The zero-order valence-electron chi connectivity index (χ0n) is 10.3. The van der Waals surface area contributed by atoms with Crippen LogP contribution in [0.25, 0.3) is 0 Å². The number of anilines is 1. The Morgan fingerprint density at radius 2 is 1.39 bits per heavy atom. The zero-order chi connectivity index (χ0) is 12.4. The average Bonchev–Trinajstić information content (AvgIpc) is 2.28. The quantitative estimate of drug-likeness (QED) is 0.563. The van der Waals surface area contributed by atoms with E-state index in [1.165, 1.54) is 0 Å². The molecule has 6 heteroatoms. The van der Waals surface area contributed by atoms with Gasteiger partial charge in [0, 0.05) is 30.5 Å². The van der Waals surface area contributed by atoms with Gasteiger partial charge in [-0.25, -0.2) is 0 Å². The molecule has 0 atom stereocenters. The van der Waals surface area contributed by atoms with E-state index in [1.807, 2.05) is 24.3 Å². The smallest absolute Gasteiger partial charge is 0.399 e. The molecule has 4 rings (SSSR count). The van der Waals surface area contributed by atoms with Crippen LogP contribution in [0.15, 0.2) is 24.3 Å². The maximum Gasteiger partial charge on any atom is 0.537 e. The molecular formula is C12H18N2O3Si. The second-order valence-electron chi connectivity index (χ2n) is 4.57. The van der Waals surface area contributed by atoms with Crippen LogP contribution in [0, 0.1) is 0 Å². The summed E-state index contributed by atoms with van der Waals surface area (Å²) in [6, 6.07) is 7.67. The first-order valence-electron chi connectivity index (χ1n) is 6.29. The van der Waals surface area contributed by atoms with Crippen LogP contribution in [0.1, 0.15) is 0 Å². The number of fused-ring (bicyclic) bond motifs is 6. The number of benzene rings is 1. The fraction of sp³-hybridized carbons (Fsp3) is 0.500. The van der Waals surface area contributed by atoms with Gasteiger partial charge in [-0.3, -0.25) is 4.90 Å². The van der Waals surface area contributed by atoms with Crippen molar-refractivity contribution in [2.24, 2.45) is 0 Å². The third kappa shape index (κ3) is 2.30. The second kappa shape index (κ2) is 4.98. The molecule has 0 aromatic heterocycles. The molecule has 0 aliphatic carbocycles. The van der Waals surface area contributed by atoms with Crippen molar-refractivity contribution in [3.8, 4) is 0 Å². The van der Waals surface area contributed by atoms with Crippen molar-refractivity contribution >= 4 is 19.7 Å². The molecule has 0 amide bonds. The molecule has 2 bridgehead atoms. The molecule has 0 saturated carbocycles. The normalized spacial score (nSPS) is 32.6. The molecule has 0 spiro atoms. The lowest BCUT2D eigenvalue weighted by atomic mass is 10.3. The highest BCUT2D eigenvalue weighted by atomic mass is 28.4. The molecule has 3 aliphatic heterocycles. The fourth-order valence-corrected chi connectivity index (χ4v) is 4.73. The molecule has 0 radical (unpaired) electrons. The first-order chi connectivity index (χ1) is 8.78. The van der Waals surface area contributed by atoms with E-state index >= 15 is 0 Å². The first kappa shape index (κ1) is 12.1. The summed E-state index contributed by atoms with van der Waals surface area (Å²) in [4.78, 5) is 2.31. The van der Waals surface area contributed by atoms with Crippen LogP contribution in [-0.4, -0.2) is 53.2 Å². The van der Waals surface area contributed by atoms with Crippen molar-refractivity contribution in [3.05, 3.63) is 24.3 Å². The van der Waals surface area contributed by atoms with Gasteiger partial charge in [-0.2, -0.15) is 0 Å². The molecule has 2 N–H and O–H groups in total. The van der Waals surface area contributed by atoms with Gasteiger partial charge in [-0.05, 0) is 12.1 Å². The van der Waals surface area contributed by atoms with Crippen molar-refractivity contribution in [1.29, 1.82) is 0 Å². The highest BCUT2D eigenvalue weighted by Crippen LogP contribution is 2.16. The predicted octanol–water partition coefficient (Wildman–Crippen LogP) is -0.206. The molecule has 5 nitrogen and oxygen atoms in total. The number of rotatable bonds is 1. The highest BCUT2D eigenvalue weighted by molar-refractivity contribution is 6.75. The predicted molar refractivity (Wildman–Crippen MR) is 70.5 cm³/mol. The summed E-state index contributed by atoms with van der Waals surface area (Å²) in [5, 5.41) is 1.01. The van der Waals surface area contributed by atoms with E-state index < -0.39 is 8.80 Å². The maximum atomic E-state index is 5.98. The fourth-order valence-electron chi connectivity index (χ4n) is 2.32. The number of hydrogen-bond acceptors (Lipinski definition) is 5. The van der Waals surface area contributed by atoms with E-state index in [1.54, 1.807) is 0 Å². The van der Waals surface area contributed by atoms with Gasteiger partial charge in [0.25, 0.3) is 0 Å². The summed E-state index contributed by atoms with van der Waals surface area (Å²) in [5.41, 5.74) is 6.47. The van der Waals surface area contributed by atoms with Crippen molar-refractivity contribution in [3.63, 3.8) is 0 Å². The van der Waals surface area contributed by atoms with Gasteiger partial charge in [0.2, 0.25) is 0 Å². The van der Waals surface area contributed by atoms with Gasteiger partial charge in [0.1, 0.15) is 0 Å². The highest BCUT2D eigenvalue weighted by Gasteiger charge is 2.46. The van der Waals surface area contributed by atoms with Crippen molar-refractivity contribution in [2.75, 3.05) is 45.2 Å². The molecular weight excluding hydrogens is 248 g/mol. The number of nitrogen functional groups attached to an aromatic ring is 1. The molecule has 3 fully saturated rings. The summed E-state index contributed by atoms with van der Waals surface area (Å²) in [6.07, 6.45) is 0. The average molecular weight is 266 g/mol. The van der Waals surface area contributed by atoms with E-state index in [0.717, 1.165) is 30.5 Å². The summed E-state index contributed by atoms with van der Waals surface area (Å²) < 4.78 is 17.9. The summed E-state index contributed by atoms with van der Waals surface area (Å²) >= 11 is 0. The van der Waals surface area contributed by atoms with Crippen molar-refractivity contribution in [1.82, 2.24) is 4.90 Å².